The number of carbonyl (C=O) groups is 1. The molecule has 106 valence electrons. The van der Waals surface area contributed by atoms with Gasteiger partial charge in [0.25, 0.3) is 0 Å². The van der Waals surface area contributed by atoms with Crippen molar-refractivity contribution in [2.24, 2.45) is 0 Å². The van der Waals surface area contributed by atoms with Crippen molar-refractivity contribution in [3.05, 3.63) is 11.6 Å². The van der Waals surface area contributed by atoms with Crippen LogP contribution in [0.1, 0.15) is 6.92 Å². The normalized spacial score (nSPS) is 11.8. The number of rotatable bonds is 12. The van der Waals surface area contributed by atoms with E-state index in [1.165, 1.54) is 0 Å². The van der Waals surface area contributed by atoms with Gasteiger partial charge in [-0.3, -0.25) is 0 Å². The predicted octanol–water partition coefficient (Wildman–Crippen LogP) is 0.713. The summed E-state index contributed by atoms with van der Waals surface area (Å²) in [5.41, 5.74) is 0.672. The number of carboxylic acids is 1. The Kier molecular flexibility index (Phi) is 11.8. The number of ether oxygens (including phenoxy) is 4. The van der Waals surface area contributed by atoms with Crippen molar-refractivity contribution in [1.82, 2.24) is 0 Å². The molecule has 18 heavy (non-hydrogen) atoms. The summed E-state index contributed by atoms with van der Waals surface area (Å²) in [6.45, 7) is 5.10. The third kappa shape index (κ3) is 13.1. The van der Waals surface area contributed by atoms with Crippen molar-refractivity contribution in [2.45, 2.75) is 6.92 Å². The molecule has 0 amide bonds. The highest BCUT2D eigenvalue weighted by Crippen LogP contribution is 1.93. The molecule has 0 aliphatic heterocycles. The summed E-state index contributed by atoms with van der Waals surface area (Å²) in [4.78, 5) is 10.3. The Morgan fingerprint density at radius 3 is 2.00 bits per heavy atom. The molecule has 0 spiro atoms. The fourth-order valence-corrected chi connectivity index (χ4v) is 1.07. The number of aliphatic carboxylic acids is 1. The highest BCUT2D eigenvalue weighted by atomic mass is 16.6. The second kappa shape index (κ2) is 12.5. The van der Waals surface area contributed by atoms with Crippen molar-refractivity contribution >= 4 is 5.97 Å². The molecule has 6 nitrogen and oxygen atoms in total. The van der Waals surface area contributed by atoms with Gasteiger partial charge in [-0.15, -0.1) is 0 Å². The van der Waals surface area contributed by atoms with Gasteiger partial charge in [0.05, 0.1) is 46.2 Å². The molecule has 0 fully saturated rings. The van der Waals surface area contributed by atoms with E-state index in [-0.39, 0.29) is 0 Å². The van der Waals surface area contributed by atoms with Gasteiger partial charge in [0.1, 0.15) is 0 Å². The molecule has 0 aromatic rings. The maximum absolute atomic E-state index is 10.3. The summed E-state index contributed by atoms with van der Waals surface area (Å²) in [6.07, 6.45) is 1.13. The molecule has 0 saturated heterocycles. The van der Waals surface area contributed by atoms with Crippen LogP contribution in [0.3, 0.4) is 0 Å². The summed E-state index contributed by atoms with van der Waals surface area (Å²) < 4.78 is 20.5. The molecule has 6 heteroatoms. The Labute approximate surface area is 107 Å². The highest BCUT2D eigenvalue weighted by Gasteiger charge is 1.95. The van der Waals surface area contributed by atoms with Crippen molar-refractivity contribution in [3.8, 4) is 0 Å². The van der Waals surface area contributed by atoms with Crippen molar-refractivity contribution < 1.29 is 28.8 Å². The zero-order valence-electron chi connectivity index (χ0n) is 11.0. The number of carboxylic acid groups (broad SMARTS) is 1. The zero-order valence-corrected chi connectivity index (χ0v) is 11.0. The molecule has 0 rings (SSSR count). The first kappa shape index (κ1) is 17.1. The van der Waals surface area contributed by atoms with Crippen LogP contribution in [-0.2, 0) is 23.7 Å². The van der Waals surface area contributed by atoms with E-state index in [9.17, 15) is 4.79 Å². The molecule has 0 aliphatic rings. The van der Waals surface area contributed by atoms with Crippen LogP contribution in [0.15, 0.2) is 11.6 Å². The van der Waals surface area contributed by atoms with E-state index in [1.807, 2.05) is 0 Å². The largest absolute Gasteiger partial charge is 0.478 e. The Hall–Kier alpha value is -0.950. The standard InChI is InChI=1S/C12H22O6/c1-11(9-12(13)14)10-18-8-7-17-6-5-16-4-3-15-2/h9H,3-8,10H2,1-2H3,(H,13,14). The summed E-state index contributed by atoms with van der Waals surface area (Å²) in [6, 6.07) is 0. The summed E-state index contributed by atoms with van der Waals surface area (Å²) in [5.74, 6) is -0.958. The van der Waals surface area contributed by atoms with Crippen molar-refractivity contribution in [2.75, 3.05) is 53.4 Å². The zero-order chi connectivity index (χ0) is 13.6. The molecule has 0 bridgehead atoms. The molecule has 0 saturated carbocycles. The average molecular weight is 262 g/mol. The van der Waals surface area contributed by atoms with Gasteiger partial charge in [0.15, 0.2) is 0 Å². The number of methoxy groups -OCH3 is 1. The van der Waals surface area contributed by atoms with Crippen LogP contribution in [-0.4, -0.2) is 64.4 Å². The van der Waals surface area contributed by atoms with E-state index < -0.39 is 5.97 Å². The maximum atomic E-state index is 10.3. The number of hydrogen-bond donors (Lipinski definition) is 1. The second-order valence-corrected chi connectivity index (χ2v) is 3.60. The van der Waals surface area contributed by atoms with Gasteiger partial charge in [0.2, 0.25) is 0 Å². The monoisotopic (exact) mass is 262 g/mol. The summed E-state index contributed by atoms with van der Waals surface area (Å²) in [7, 11) is 1.62. The Balaban J connectivity index is 3.19. The maximum Gasteiger partial charge on any atom is 0.328 e. The molecule has 0 aliphatic carbocycles. The fraction of sp³-hybridized carbons (Fsp3) is 0.750. The summed E-state index contributed by atoms with van der Waals surface area (Å²) >= 11 is 0. The molecular formula is C12H22O6. The minimum Gasteiger partial charge on any atom is -0.478 e. The van der Waals surface area contributed by atoms with Crippen molar-refractivity contribution in [3.63, 3.8) is 0 Å². The predicted molar refractivity (Wildman–Crippen MR) is 65.7 cm³/mol. The smallest absolute Gasteiger partial charge is 0.328 e. The molecule has 0 unspecified atom stereocenters. The first-order valence-electron chi connectivity index (χ1n) is 5.79. The number of hydrogen-bond acceptors (Lipinski definition) is 5. The van der Waals surface area contributed by atoms with Crippen molar-refractivity contribution in [1.29, 1.82) is 0 Å². The van der Waals surface area contributed by atoms with Crippen LogP contribution in [0.2, 0.25) is 0 Å². The van der Waals surface area contributed by atoms with Crippen LogP contribution < -0.4 is 0 Å². The molecule has 0 aromatic carbocycles. The van der Waals surface area contributed by atoms with Crippen LogP contribution in [0.4, 0.5) is 0 Å². The SMILES string of the molecule is COCCOCCOCCOCC(C)=CC(=O)O. The lowest BCUT2D eigenvalue weighted by molar-refractivity contribution is -0.131. The van der Waals surface area contributed by atoms with Gasteiger partial charge in [-0.05, 0) is 12.5 Å². The highest BCUT2D eigenvalue weighted by molar-refractivity contribution is 5.80. The molecule has 0 radical (unpaired) electrons. The fourth-order valence-electron chi connectivity index (χ4n) is 1.07. The van der Waals surface area contributed by atoms with E-state index in [4.69, 9.17) is 24.1 Å². The van der Waals surface area contributed by atoms with E-state index in [1.54, 1.807) is 14.0 Å². The van der Waals surface area contributed by atoms with E-state index >= 15 is 0 Å². The van der Waals surface area contributed by atoms with Gasteiger partial charge in [-0.2, -0.15) is 0 Å². The van der Waals surface area contributed by atoms with Gasteiger partial charge in [-0.25, -0.2) is 4.79 Å². The lowest BCUT2D eigenvalue weighted by Crippen LogP contribution is -2.11. The van der Waals surface area contributed by atoms with Crippen LogP contribution >= 0.6 is 0 Å². The van der Waals surface area contributed by atoms with Gasteiger partial charge >= 0.3 is 5.97 Å². The minimum absolute atomic E-state index is 0.306. The molecule has 0 atom stereocenters. The molecule has 0 aromatic heterocycles. The Morgan fingerprint density at radius 2 is 1.50 bits per heavy atom. The van der Waals surface area contributed by atoms with E-state index in [2.05, 4.69) is 0 Å². The third-order valence-corrected chi connectivity index (χ3v) is 1.88. The van der Waals surface area contributed by atoms with Gasteiger partial charge in [0, 0.05) is 13.2 Å². The third-order valence-electron chi connectivity index (χ3n) is 1.88. The molecule has 0 heterocycles. The average Bonchev–Trinajstić information content (AvgIpc) is 2.30. The van der Waals surface area contributed by atoms with Crippen LogP contribution in [0, 0.1) is 0 Å². The summed E-state index contributed by atoms with van der Waals surface area (Å²) in [5, 5.41) is 8.47. The lowest BCUT2D eigenvalue weighted by Gasteiger charge is -2.06. The Bertz CT molecular complexity index is 239. The topological polar surface area (TPSA) is 74.2 Å². The minimum atomic E-state index is -0.958. The first-order chi connectivity index (χ1) is 8.66. The first-order valence-corrected chi connectivity index (χ1v) is 5.79. The lowest BCUT2D eigenvalue weighted by atomic mass is 10.3. The van der Waals surface area contributed by atoms with E-state index in [0.717, 1.165) is 6.08 Å². The van der Waals surface area contributed by atoms with Crippen LogP contribution in [0.5, 0.6) is 0 Å². The van der Waals surface area contributed by atoms with E-state index in [0.29, 0.717) is 51.8 Å². The quantitative estimate of drug-likeness (QED) is 0.412. The van der Waals surface area contributed by atoms with Gasteiger partial charge < -0.3 is 24.1 Å². The molecule has 1 N–H and O–H groups in total. The second-order valence-electron chi connectivity index (χ2n) is 3.60. The van der Waals surface area contributed by atoms with Crippen LogP contribution in [0.25, 0.3) is 0 Å². The Morgan fingerprint density at radius 1 is 1.00 bits per heavy atom. The molecular weight excluding hydrogens is 240 g/mol. The van der Waals surface area contributed by atoms with Gasteiger partial charge in [-0.1, -0.05) is 0 Å².